The molecule has 0 bridgehead atoms. The Kier molecular flexibility index (Phi) is 4.35. The highest BCUT2D eigenvalue weighted by atomic mass is 35.5. The molecule has 0 N–H and O–H groups in total. The van der Waals surface area contributed by atoms with Gasteiger partial charge in [0.05, 0.1) is 12.1 Å². The Morgan fingerprint density at radius 3 is 2.60 bits per heavy atom. The molecule has 2 nitrogen and oxygen atoms in total. The molecular weight excluding hydrogens is 286 g/mol. The second-order valence-electron chi connectivity index (χ2n) is 4.20. The highest BCUT2D eigenvalue weighted by Crippen LogP contribution is 2.22. The van der Waals surface area contributed by atoms with Crippen LogP contribution in [-0.2, 0) is 6.42 Å². The number of hydrogen-bond acceptors (Lipinski definition) is 2. The minimum Gasteiger partial charge on any atom is -0.497 e. The molecule has 2 rings (SSSR count). The molecule has 0 amide bonds. The molecular formula is C15H11ClF2O2. The van der Waals surface area contributed by atoms with Gasteiger partial charge in [0.15, 0.2) is 17.4 Å². The third-order valence-electron chi connectivity index (χ3n) is 2.81. The first-order valence-electron chi connectivity index (χ1n) is 5.82. The number of ketones is 1. The van der Waals surface area contributed by atoms with E-state index in [-0.39, 0.29) is 22.8 Å². The Morgan fingerprint density at radius 2 is 1.90 bits per heavy atom. The predicted octanol–water partition coefficient (Wildman–Crippen LogP) is 4.05. The zero-order valence-corrected chi connectivity index (χ0v) is 11.4. The number of rotatable bonds is 4. The topological polar surface area (TPSA) is 26.3 Å². The molecule has 0 saturated heterocycles. The van der Waals surface area contributed by atoms with Gasteiger partial charge in [0, 0.05) is 12.0 Å². The fraction of sp³-hybridized carbons (Fsp3) is 0.133. The molecule has 0 saturated carbocycles. The molecule has 0 atom stereocenters. The van der Waals surface area contributed by atoms with Crippen LogP contribution in [0.2, 0.25) is 5.02 Å². The van der Waals surface area contributed by atoms with Crippen LogP contribution in [0.4, 0.5) is 8.78 Å². The third-order valence-corrected chi connectivity index (χ3v) is 3.12. The smallest absolute Gasteiger partial charge is 0.168 e. The van der Waals surface area contributed by atoms with E-state index in [0.29, 0.717) is 11.3 Å². The molecule has 0 aliphatic rings. The van der Waals surface area contributed by atoms with Gasteiger partial charge in [-0.2, -0.15) is 0 Å². The van der Waals surface area contributed by atoms with Gasteiger partial charge in [0.1, 0.15) is 5.75 Å². The highest BCUT2D eigenvalue weighted by Gasteiger charge is 2.15. The fourth-order valence-corrected chi connectivity index (χ4v) is 2.06. The van der Waals surface area contributed by atoms with Crippen molar-refractivity contribution in [3.05, 3.63) is 64.2 Å². The van der Waals surface area contributed by atoms with Gasteiger partial charge in [-0.1, -0.05) is 23.7 Å². The number of benzene rings is 2. The average Bonchev–Trinajstić information content (AvgIpc) is 2.43. The van der Waals surface area contributed by atoms with Crippen molar-refractivity contribution in [2.75, 3.05) is 7.11 Å². The Hall–Kier alpha value is -1.94. The van der Waals surface area contributed by atoms with E-state index in [1.165, 1.54) is 7.11 Å². The van der Waals surface area contributed by atoms with Crippen LogP contribution in [0.5, 0.6) is 5.75 Å². The monoisotopic (exact) mass is 296 g/mol. The maximum atomic E-state index is 13.2. The molecule has 5 heteroatoms. The van der Waals surface area contributed by atoms with E-state index in [0.717, 1.165) is 12.1 Å². The van der Waals surface area contributed by atoms with Crippen LogP contribution in [0.3, 0.4) is 0 Å². The van der Waals surface area contributed by atoms with E-state index in [2.05, 4.69) is 0 Å². The second kappa shape index (κ2) is 6.01. The molecule has 0 unspecified atom stereocenters. The van der Waals surface area contributed by atoms with E-state index in [1.807, 2.05) is 0 Å². The van der Waals surface area contributed by atoms with Crippen molar-refractivity contribution in [3.63, 3.8) is 0 Å². The summed E-state index contributed by atoms with van der Waals surface area (Å²) in [5, 5.41) is -0.100. The van der Waals surface area contributed by atoms with Crippen molar-refractivity contribution in [1.29, 1.82) is 0 Å². The summed E-state index contributed by atoms with van der Waals surface area (Å²) >= 11 is 5.77. The molecule has 0 aromatic heterocycles. The first kappa shape index (κ1) is 14.5. The quantitative estimate of drug-likeness (QED) is 0.628. The van der Waals surface area contributed by atoms with E-state index in [1.54, 1.807) is 24.3 Å². The molecule has 0 aliphatic carbocycles. The maximum absolute atomic E-state index is 13.2. The van der Waals surface area contributed by atoms with Crippen molar-refractivity contribution >= 4 is 17.4 Å². The van der Waals surface area contributed by atoms with E-state index < -0.39 is 11.6 Å². The fourth-order valence-electron chi connectivity index (χ4n) is 1.80. The Bertz CT molecular complexity index is 656. The zero-order chi connectivity index (χ0) is 14.7. The Morgan fingerprint density at radius 1 is 1.20 bits per heavy atom. The number of Topliss-reactive ketones (excluding diaryl/α,β-unsaturated/α-hetero) is 1. The minimum absolute atomic E-state index is 0.0298. The SMILES string of the molecule is COc1cccc(CC(=O)c2cc(F)c(F)cc2Cl)c1. The van der Waals surface area contributed by atoms with E-state index in [4.69, 9.17) is 16.3 Å². The van der Waals surface area contributed by atoms with Crippen molar-refractivity contribution in [2.45, 2.75) is 6.42 Å². The number of carbonyl (C=O) groups excluding carboxylic acids is 1. The van der Waals surface area contributed by atoms with Crippen LogP contribution in [0.1, 0.15) is 15.9 Å². The summed E-state index contributed by atoms with van der Waals surface area (Å²) < 4.78 is 31.2. The minimum atomic E-state index is -1.09. The van der Waals surface area contributed by atoms with Gasteiger partial charge in [0.2, 0.25) is 0 Å². The lowest BCUT2D eigenvalue weighted by atomic mass is 10.0. The van der Waals surface area contributed by atoms with Crippen LogP contribution in [0, 0.1) is 11.6 Å². The zero-order valence-electron chi connectivity index (χ0n) is 10.6. The first-order valence-corrected chi connectivity index (χ1v) is 6.19. The molecule has 0 fully saturated rings. The van der Waals surface area contributed by atoms with Gasteiger partial charge in [0.25, 0.3) is 0 Å². The van der Waals surface area contributed by atoms with Crippen LogP contribution in [0.15, 0.2) is 36.4 Å². The largest absolute Gasteiger partial charge is 0.497 e. The molecule has 0 heterocycles. The van der Waals surface area contributed by atoms with Gasteiger partial charge in [-0.25, -0.2) is 8.78 Å². The Balaban J connectivity index is 2.26. The second-order valence-corrected chi connectivity index (χ2v) is 4.60. The van der Waals surface area contributed by atoms with Crippen molar-refractivity contribution in [3.8, 4) is 5.75 Å². The standard InChI is InChI=1S/C15H11ClF2O2/c1-20-10-4-2-3-9(5-10)6-15(19)11-7-13(17)14(18)8-12(11)16/h2-5,7-8H,6H2,1H3. The summed E-state index contributed by atoms with van der Waals surface area (Å²) in [6, 6.07) is 8.56. The average molecular weight is 297 g/mol. The van der Waals surface area contributed by atoms with Crippen molar-refractivity contribution in [1.82, 2.24) is 0 Å². The molecule has 0 radical (unpaired) electrons. The van der Waals surface area contributed by atoms with Gasteiger partial charge < -0.3 is 4.74 Å². The molecule has 2 aromatic carbocycles. The normalized spacial score (nSPS) is 10.4. The van der Waals surface area contributed by atoms with Gasteiger partial charge in [-0.15, -0.1) is 0 Å². The molecule has 104 valence electrons. The van der Waals surface area contributed by atoms with Crippen LogP contribution in [-0.4, -0.2) is 12.9 Å². The summed E-state index contributed by atoms with van der Waals surface area (Å²) in [5.41, 5.74) is 0.670. The van der Waals surface area contributed by atoms with Gasteiger partial charge >= 0.3 is 0 Å². The van der Waals surface area contributed by atoms with Gasteiger partial charge in [-0.3, -0.25) is 4.79 Å². The predicted molar refractivity (Wildman–Crippen MR) is 72.4 cm³/mol. The van der Waals surface area contributed by atoms with Gasteiger partial charge in [-0.05, 0) is 29.8 Å². The summed E-state index contributed by atoms with van der Waals surface area (Å²) in [4.78, 5) is 12.1. The Labute approximate surface area is 119 Å². The molecule has 0 aliphatic heterocycles. The number of hydrogen-bond donors (Lipinski definition) is 0. The lowest BCUT2D eigenvalue weighted by molar-refractivity contribution is 0.0992. The van der Waals surface area contributed by atoms with E-state index in [9.17, 15) is 13.6 Å². The van der Waals surface area contributed by atoms with Crippen molar-refractivity contribution < 1.29 is 18.3 Å². The van der Waals surface area contributed by atoms with Crippen molar-refractivity contribution in [2.24, 2.45) is 0 Å². The maximum Gasteiger partial charge on any atom is 0.168 e. The lowest BCUT2D eigenvalue weighted by Gasteiger charge is -2.06. The molecule has 0 spiro atoms. The summed E-state index contributed by atoms with van der Waals surface area (Å²) in [7, 11) is 1.52. The summed E-state index contributed by atoms with van der Waals surface area (Å²) in [6.45, 7) is 0. The van der Waals surface area contributed by atoms with Crippen LogP contribution in [0.25, 0.3) is 0 Å². The lowest BCUT2D eigenvalue weighted by Crippen LogP contribution is -2.06. The van der Waals surface area contributed by atoms with Crippen LogP contribution >= 0.6 is 11.6 Å². The summed E-state index contributed by atoms with van der Waals surface area (Å²) in [5.74, 6) is -1.94. The molecule has 20 heavy (non-hydrogen) atoms. The van der Waals surface area contributed by atoms with Crippen LogP contribution < -0.4 is 4.74 Å². The first-order chi connectivity index (χ1) is 9.51. The number of methoxy groups -OCH3 is 1. The summed E-state index contributed by atoms with van der Waals surface area (Å²) in [6.07, 6.45) is 0.0298. The highest BCUT2D eigenvalue weighted by molar-refractivity contribution is 6.34. The number of ether oxygens (including phenoxy) is 1. The number of carbonyl (C=O) groups is 1. The number of halogens is 3. The van der Waals surface area contributed by atoms with E-state index >= 15 is 0 Å². The third kappa shape index (κ3) is 3.14. The molecule has 2 aromatic rings.